The molecule has 1 amide bonds. The Hall–Kier alpha value is -2.75. The van der Waals surface area contributed by atoms with Gasteiger partial charge in [0.15, 0.2) is 5.78 Å². The molecule has 0 aliphatic carbocycles. The van der Waals surface area contributed by atoms with Crippen LogP contribution >= 0.6 is 0 Å². The fourth-order valence-corrected chi connectivity index (χ4v) is 2.20. The number of carbonyl (C=O) groups is 3. The summed E-state index contributed by atoms with van der Waals surface area (Å²) in [5.74, 6) is -1.26. The number of amides is 1. The maximum absolute atomic E-state index is 11.1. The maximum atomic E-state index is 11.1. The van der Waals surface area contributed by atoms with E-state index in [1.165, 1.54) is 44.2 Å². The predicted molar refractivity (Wildman–Crippen MR) is 166 cm³/mol. The van der Waals surface area contributed by atoms with E-state index in [0.29, 0.717) is 0 Å². The third kappa shape index (κ3) is 26.1. The number of nitrogens with two attached hydrogens (primary N) is 1. The summed E-state index contributed by atoms with van der Waals surface area (Å²) in [6.45, 7) is 26.9. The molecule has 0 aromatic heterocycles. The van der Waals surface area contributed by atoms with Gasteiger partial charge >= 0.3 is 0 Å². The normalized spacial score (nSPS) is 8.92. The van der Waals surface area contributed by atoms with Crippen LogP contribution in [0.5, 0.6) is 0 Å². The van der Waals surface area contributed by atoms with Gasteiger partial charge in [-0.3, -0.25) is 14.4 Å². The van der Waals surface area contributed by atoms with Crippen LogP contribution in [-0.2, 0) is 9.59 Å². The zero-order chi connectivity index (χ0) is 30.4. The van der Waals surface area contributed by atoms with Crippen molar-refractivity contribution in [1.82, 2.24) is 0 Å². The molecule has 0 aliphatic rings. The molecule has 4 heteroatoms. The first-order chi connectivity index (χ1) is 17.6. The number of ketones is 2. The number of primary amides is 1. The Morgan fingerprint density at radius 2 is 1.00 bits per heavy atom. The molecular formula is C33H59NO3. The molecule has 37 heavy (non-hydrogen) atoms. The third-order valence-electron chi connectivity index (χ3n) is 4.42. The Balaban J connectivity index is -0.000000138. The van der Waals surface area contributed by atoms with Crippen molar-refractivity contribution >= 4 is 17.5 Å². The molecule has 0 aliphatic heterocycles. The van der Waals surface area contributed by atoms with Gasteiger partial charge in [0.2, 0.25) is 5.91 Å². The summed E-state index contributed by atoms with van der Waals surface area (Å²) in [4.78, 5) is 31.6. The molecular weight excluding hydrogens is 458 g/mol. The number of hydrogen-bond acceptors (Lipinski definition) is 3. The molecule has 214 valence electrons. The molecule has 1 unspecified atom stereocenters. The number of unbranched alkanes of at least 4 members (excludes halogenated alkanes) is 2. The van der Waals surface area contributed by atoms with Crippen molar-refractivity contribution in [2.45, 2.75) is 116 Å². The van der Waals surface area contributed by atoms with Gasteiger partial charge in [-0.05, 0) is 38.8 Å². The lowest BCUT2D eigenvalue weighted by atomic mass is 10.0. The molecule has 0 saturated carbocycles. The van der Waals surface area contributed by atoms with Crippen molar-refractivity contribution in [3.05, 3.63) is 59.7 Å². The van der Waals surface area contributed by atoms with Gasteiger partial charge in [-0.15, -0.1) is 0 Å². The van der Waals surface area contributed by atoms with E-state index in [-0.39, 0.29) is 11.6 Å². The summed E-state index contributed by atoms with van der Waals surface area (Å²) in [6, 6.07) is 16.1. The molecule has 0 fully saturated rings. The first-order valence-corrected chi connectivity index (χ1v) is 14.1. The van der Waals surface area contributed by atoms with Gasteiger partial charge in [0.25, 0.3) is 0 Å². The molecule has 0 saturated heterocycles. The Labute approximate surface area is 230 Å². The topological polar surface area (TPSA) is 77.2 Å². The van der Waals surface area contributed by atoms with Gasteiger partial charge in [0.05, 0.1) is 5.92 Å². The van der Waals surface area contributed by atoms with Gasteiger partial charge in [-0.1, -0.05) is 143 Å². The monoisotopic (exact) mass is 517 g/mol. The summed E-state index contributed by atoms with van der Waals surface area (Å²) in [5.41, 5.74) is 9.12. The van der Waals surface area contributed by atoms with Gasteiger partial charge in [-0.25, -0.2) is 0 Å². The first-order valence-electron chi connectivity index (χ1n) is 14.1. The molecule has 0 spiro atoms. The SMILES string of the molecule is CC.CC.CC.CC.CC(=O)C(C)C(N)=O.CC(=O)c1ccc(-c2ccc(C)cc2)cc1.CCCCC. The Bertz CT molecular complexity index is 747. The predicted octanol–water partition coefficient (Wildman–Crippen LogP) is 9.86. The summed E-state index contributed by atoms with van der Waals surface area (Å²) < 4.78 is 0. The second-order valence-electron chi connectivity index (χ2n) is 7.09. The molecule has 2 rings (SSSR count). The minimum atomic E-state index is -0.630. The van der Waals surface area contributed by atoms with E-state index in [1.807, 2.05) is 79.7 Å². The molecule has 0 heterocycles. The van der Waals surface area contributed by atoms with Crippen LogP contribution in [0.2, 0.25) is 0 Å². The lowest BCUT2D eigenvalue weighted by molar-refractivity contribution is -0.130. The Morgan fingerprint density at radius 1 is 0.676 bits per heavy atom. The molecule has 1 atom stereocenters. The quantitative estimate of drug-likeness (QED) is 0.306. The Kier molecular flexibility index (Phi) is 39.8. The van der Waals surface area contributed by atoms with Crippen LogP contribution in [0.1, 0.15) is 125 Å². The highest BCUT2D eigenvalue weighted by Gasteiger charge is 2.12. The molecule has 2 aromatic rings. The third-order valence-corrected chi connectivity index (χ3v) is 4.42. The number of benzene rings is 2. The fourth-order valence-electron chi connectivity index (χ4n) is 2.20. The summed E-state index contributed by atoms with van der Waals surface area (Å²) in [7, 11) is 0. The minimum absolute atomic E-state index is 0.107. The maximum Gasteiger partial charge on any atom is 0.227 e. The van der Waals surface area contributed by atoms with Crippen LogP contribution in [-0.4, -0.2) is 17.5 Å². The van der Waals surface area contributed by atoms with Crippen LogP contribution in [0.3, 0.4) is 0 Å². The number of aryl methyl sites for hydroxylation is 1. The molecule has 2 N–H and O–H groups in total. The molecule has 0 radical (unpaired) electrons. The highest BCUT2D eigenvalue weighted by atomic mass is 16.2. The number of hydrogen-bond donors (Lipinski definition) is 1. The van der Waals surface area contributed by atoms with E-state index in [4.69, 9.17) is 5.73 Å². The van der Waals surface area contributed by atoms with E-state index in [2.05, 4.69) is 45.0 Å². The average Bonchev–Trinajstić information content (AvgIpc) is 2.94. The van der Waals surface area contributed by atoms with Crippen molar-refractivity contribution in [1.29, 1.82) is 0 Å². The highest BCUT2D eigenvalue weighted by Crippen LogP contribution is 2.20. The van der Waals surface area contributed by atoms with Crippen molar-refractivity contribution < 1.29 is 14.4 Å². The lowest BCUT2D eigenvalue weighted by Gasteiger charge is -2.03. The minimum Gasteiger partial charge on any atom is -0.369 e. The second kappa shape index (κ2) is 33.2. The van der Waals surface area contributed by atoms with Gasteiger partial charge < -0.3 is 5.73 Å². The van der Waals surface area contributed by atoms with Crippen LogP contribution < -0.4 is 5.73 Å². The number of Topliss-reactive ketones (excluding diaryl/α,β-unsaturated/α-hetero) is 2. The van der Waals surface area contributed by atoms with E-state index < -0.39 is 11.8 Å². The van der Waals surface area contributed by atoms with Crippen molar-refractivity contribution in [2.24, 2.45) is 11.7 Å². The average molecular weight is 518 g/mol. The largest absolute Gasteiger partial charge is 0.369 e. The van der Waals surface area contributed by atoms with Crippen molar-refractivity contribution in [3.8, 4) is 11.1 Å². The zero-order valence-corrected chi connectivity index (χ0v) is 26.6. The van der Waals surface area contributed by atoms with Gasteiger partial charge in [-0.2, -0.15) is 0 Å². The van der Waals surface area contributed by atoms with E-state index in [1.54, 1.807) is 6.92 Å². The Morgan fingerprint density at radius 3 is 1.19 bits per heavy atom. The smallest absolute Gasteiger partial charge is 0.227 e. The van der Waals surface area contributed by atoms with Gasteiger partial charge in [0, 0.05) is 5.56 Å². The highest BCUT2D eigenvalue weighted by molar-refractivity contribution is 5.99. The molecule has 2 aromatic carbocycles. The summed E-state index contributed by atoms with van der Waals surface area (Å²) >= 11 is 0. The van der Waals surface area contributed by atoms with E-state index in [0.717, 1.165) is 11.1 Å². The summed E-state index contributed by atoms with van der Waals surface area (Å²) in [5, 5.41) is 0. The van der Waals surface area contributed by atoms with Crippen LogP contribution in [0, 0.1) is 12.8 Å². The van der Waals surface area contributed by atoms with Crippen LogP contribution in [0.4, 0.5) is 0 Å². The first kappa shape index (κ1) is 44.3. The van der Waals surface area contributed by atoms with Crippen molar-refractivity contribution in [2.75, 3.05) is 0 Å². The second-order valence-corrected chi connectivity index (χ2v) is 7.09. The zero-order valence-electron chi connectivity index (χ0n) is 26.6. The van der Waals surface area contributed by atoms with Crippen LogP contribution in [0.15, 0.2) is 48.5 Å². The van der Waals surface area contributed by atoms with E-state index in [9.17, 15) is 14.4 Å². The summed E-state index contributed by atoms with van der Waals surface area (Å²) in [6.07, 6.45) is 4.08. The lowest BCUT2D eigenvalue weighted by Crippen LogP contribution is -2.25. The molecule has 4 nitrogen and oxygen atoms in total. The molecule has 0 bridgehead atoms. The van der Waals surface area contributed by atoms with Crippen molar-refractivity contribution in [3.63, 3.8) is 0 Å². The fraction of sp³-hybridized carbons (Fsp3) is 0.545. The van der Waals surface area contributed by atoms with Gasteiger partial charge in [0.1, 0.15) is 5.78 Å². The van der Waals surface area contributed by atoms with E-state index >= 15 is 0 Å². The standard InChI is InChI=1S/C15H14O.C5H9NO2.C5H12.4C2H6/c1-11-3-5-14(6-4-11)15-9-7-13(8-10-15)12(2)16;1-3(4(2)7)5(6)8;1-3-5-4-2;4*1-2/h3-10H,1-2H3;3H,1-2H3,(H2,6,8);3-5H2,1-2H3;4*1-2H3. The number of carbonyl (C=O) groups excluding carboxylic acids is 3. The number of rotatable bonds is 6. The van der Waals surface area contributed by atoms with Crippen LogP contribution in [0.25, 0.3) is 11.1 Å².